The number of nitrogens with zero attached hydrogens (tertiary/aromatic N) is 1. The van der Waals surface area contributed by atoms with Gasteiger partial charge in [0.25, 0.3) is 0 Å². The highest BCUT2D eigenvalue weighted by Gasteiger charge is 2.14. The molecule has 0 spiro atoms. The quantitative estimate of drug-likeness (QED) is 0.374. The molecule has 0 fully saturated rings. The molecule has 0 radical (unpaired) electrons. The van der Waals surface area contributed by atoms with Crippen LogP contribution in [-0.2, 0) is 9.53 Å². The summed E-state index contributed by atoms with van der Waals surface area (Å²) in [6.45, 7) is 1.74. The van der Waals surface area contributed by atoms with Crippen LogP contribution in [0.5, 0.6) is 11.5 Å². The molecule has 6 nitrogen and oxygen atoms in total. The molecule has 0 aliphatic carbocycles. The van der Waals surface area contributed by atoms with Gasteiger partial charge in [0.15, 0.2) is 18.1 Å². The van der Waals surface area contributed by atoms with E-state index in [9.17, 15) is 4.79 Å². The molecule has 0 amide bonds. The maximum absolute atomic E-state index is 11.3. The van der Waals surface area contributed by atoms with Gasteiger partial charge in [-0.1, -0.05) is 21.1 Å². The van der Waals surface area contributed by atoms with Crippen LogP contribution in [0.25, 0.3) is 0 Å². The summed E-state index contributed by atoms with van der Waals surface area (Å²) in [6.07, 6.45) is 1.19. The van der Waals surface area contributed by atoms with E-state index in [4.69, 9.17) is 19.4 Å². The van der Waals surface area contributed by atoms with Gasteiger partial charge in [-0.2, -0.15) is 0 Å². The van der Waals surface area contributed by atoms with Gasteiger partial charge < -0.3 is 19.4 Å². The van der Waals surface area contributed by atoms with Crippen molar-refractivity contribution in [3.63, 3.8) is 0 Å². The number of hydrogen-bond acceptors (Lipinski definition) is 6. The minimum atomic E-state index is -0.487. The number of benzene rings is 1. The largest absolute Gasteiger partial charge is 0.493 e. The monoisotopic (exact) mass is 331 g/mol. The van der Waals surface area contributed by atoms with Gasteiger partial charge in [0.2, 0.25) is 0 Å². The Labute approximate surface area is 119 Å². The summed E-state index contributed by atoms with van der Waals surface area (Å²) >= 11 is 3.29. The molecule has 7 heteroatoms. The molecule has 0 atom stereocenters. The van der Waals surface area contributed by atoms with Crippen LogP contribution >= 0.6 is 15.9 Å². The van der Waals surface area contributed by atoms with Crippen LogP contribution < -0.4 is 9.47 Å². The summed E-state index contributed by atoms with van der Waals surface area (Å²) < 4.78 is 16.0. The maximum atomic E-state index is 11.3. The first kappa shape index (κ1) is 15.3. The van der Waals surface area contributed by atoms with E-state index in [0.717, 1.165) is 4.47 Å². The molecule has 0 unspecified atom stereocenters. The molecule has 0 aliphatic rings. The first-order valence-electron chi connectivity index (χ1n) is 5.45. The topological polar surface area (TPSA) is 77.4 Å². The second kappa shape index (κ2) is 7.63. The summed E-state index contributed by atoms with van der Waals surface area (Å²) in [5.74, 6) is 0.226. The van der Waals surface area contributed by atoms with Crippen molar-refractivity contribution in [3.8, 4) is 11.5 Å². The molecule has 0 aromatic heterocycles. The third-order valence-electron chi connectivity index (χ3n) is 2.10. The van der Waals surface area contributed by atoms with E-state index in [-0.39, 0.29) is 13.2 Å². The number of methoxy groups -OCH3 is 1. The van der Waals surface area contributed by atoms with Crippen LogP contribution in [0, 0.1) is 0 Å². The number of carbonyl (C=O) groups excluding carboxylic acids is 1. The highest BCUT2D eigenvalue weighted by Crippen LogP contribution is 2.34. The van der Waals surface area contributed by atoms with Crippen LogP contribution in [0.4, 0.5) is 0 Å². The van der Waals surface area contributed by atoms with Crippen molar-refractivity contribution in [3.05, 3.63) is 22.2 Å². The number of esters is 1. The fourth-order valence-electron chi connectivity index (χ4n) is 1.39. The second-order valence-corrected chi connectivity index (χ2v) is 4.28. The summed E-state index contributed by atoms with van der Waals surface area (Å²) in [5.41, 5.74) is 0.470. The Balaban J connectivity index is 2.99. The zero-order valence-corrected chi connectivity index (χ0v) is 12.1. The maximum Gasteiger partial charge on any atom is 0.344 e. The van der Waals surface area contributed by atoms with Crippen molar-refractivity contribution >= 4 is 28.1 Å². The summed E-state index contributed by atoms with van der Waals surface area (Å²) in [7, 11) is 1.47. The fraction of sp³-hybridized carbons (Fsp3) is 0.333. The SMILES string of the molecule is CCOC(=O)COc1c(C=NO)cc(Br)cc1OC. The minimum absolute atomic E-state index is 0.252. The number of ether oxygens (including phenoxy) is 3. The molecule has 0 heterocycles. The zero-order chi connectivity index (χ0) is 14.3. The van der Waals surface area contributed by atoms with Gasteiger partial charge in [-0.15, -0.1) is 0 Å². The molecule has 1 aromatic rings. The molecular formula is C12H14BrNO5. The lowest BCUT2D eigenvalue weighted by molar-refractivity contribution is -0.145. The van der Waals surface area contributed by atoms with Crippen LogP contribution in [0.3, 0.4) is 0 Å². The third-order valence-corrected chi connectivity index (χ3v) is 2.56. The van der Waals surface area contributed by atoms with E-state index in [0.29, 0.717) is 17.1 Å². The summed E-state index contributed by atoms with van der Waals surface area (Å²) in [4.78, 5) is 11.3. The van der Waals surface area contributed by atoms with Crippen LogP contribution in [-0.4, -0.2) is 37.7 Å². The Bertz CT molecular complexity index is 475. The number of hydrogen-bond donors (Lipinski definition) is 1. The average Bonchev–Trinajstić information content (AvgIpc) is 2.37. The number of halogens is 1. The smallest absolute Gasteiger partial charge is 0.344 e. The van der Waals surface area contributed by atoms with Crippen molar-refractivity contribution in [1.82, 2.24) is 0 Å². The van der Waals surface area contributed by atoms with Crippen LogP contribution in [0.1, 0.15) is 12.5 Å². The van der Waals surface area contributed by atoms with Crippen LogP contribution in [0.15, 0.2) is 21.8 Å². The molecular weight excluding hydrogens is 318 g/mol. The fourth-order valence-corrected chi connectivity index (χ4v) is 1.84. The lowest BCUT2D eigenvalue weighted by atomic mass is 10.2. The lowest BCUT2D eigenvalue weighted by Gasteiger charge is -2.13. The molecule has 0 saturated heterocycles. The van der Waals surface area contributed by atoms with Crippen molar-refractivity contribution in [2.45, 2.75) is 6.92 Å². The second-order valence-electron chi connectivity index (χ2n) is 3.36. The zero-order valence-electron chi connectivity index (χ0n) is 10.6. The van der Waals surface area contributed by atoms with Crippen LogP contribution in [0.2, 0.25) is 0 Å². The van der Waals surface area contributed by atoms with E-state index >= 15 is 0 Å². The van der Waals surface area contributed by atoms with Gasteiger partial charge in [0, 0.05) is 10.0 Å². The molecule has 0 aliphatic heterocycles. The number of carbonyl (C=O) groups is 1. The molecule has 1 aromatic carbocycles. The van der Waals surface area contributed by atoms with E-state index in [2.05, 4.69) is 21.1 Å². The Morgan fingerprint density at radius 1 is 1.53 bits per heavy atom. The van der Waals surface area contributed by atoms with E-state index in [1.54, 1.807) is 19.1 Å². The Morgan fingerprint density at radius 3 is 2.84 bits per heavy atom. The first-order valence-corrected chi connectivity index (χ1v) is 6.25. The molecule has 1 rings (SSSR count). The lowest BCUT2D eigenvalue weighted by Crippen LogP contribution is -2.15. The molecule has 19 heavy (non-hydrogen) atoms. The Hall–Kier alpha value is -1.76. The predicted octanol–water partition coefficient (Wildman–Crippen LogP) is 2.21. The Kier molecular flexibility index (Phi) is 6.14. The van der Waals surface area contributed by atoms with Gasteiger partial charge in [0.05, 0.1) is 19.9 Å². The first-order chi connectivity index (χ1) is 9.12. The van der Waals surface area contributed by atoms with Gasteiger partial charge >= 0.3 is 5.97 Å². The van der Waals surface area contributed by atoms with Gasteiger partial charge in [-0.3, -0.25) is 0 Å². The summed E-state index contributed by atoms with van der Waals surface area (Å²) in [6, 6.07) is 3.35. The summed E-state index contributed by atoms with van der Waals surface area (Å²) in [5, 5.41) is 11.6. The van der Waals surface area contributed by atoms with E-state index in [1.807, 2.05) is 0 Å². The van der Waals surface area contributed by atoms with Crippen molar-refractivity contribution in [1.29, 1.82) is 0 Å². The molecule has 104 valence electrons. The van der Waals surface area contributed by atoms with Gasteiger partial charge in [-0.05, 0) is 19.1 Å². The highest BCUT2D eigenvalue weighted by molar-refractivity contribution is 9.10. The Morgan fingerprint density at radius 2 is 2.26 bits per heavy atom. The normalized spacial score (nSPS) is 10.5. The molecule has 1 N–H and O–H groups in total. The highest BCUT2D eigenvalue weighted by atomic mass is 79.9. The average molecular weight is 332 g/mol. The van der Waals surface area contributed by atoms with Crippen molar-refractivity contribution in [2.75, 3.05) is 20.3 Å². The number of oxime groups is 1. The standard InChI is InChI=1S/C12H14BrNO5/c1-3-18-11(15)7-19-12-8(6-14-16)4-9(13)5-10(12)17-2/h4-6,16H,3,7H2,1-2H3. The van der Waals surface area contributed by atoms with Gasteiger partial charge in [0.1, 0.15) is 0 Å². The van der Waals surface area contributed by atoms with E-state index in [1.165, 1.54) is 13.3 Å². The predicted molar refractivity (Wildman–Crippen MR) is 72.2 cm³/mol. The van der Waals surface area contributed by atoms with Crippen molar-refractivity contribution in [2.24, 2.45) is 5.16 Å². The third kappa shape index (κ3) is 4.44. The van der Waals surface area contributed by atoms with Gasteiger partial charge in [-0.25, -0.2) is 4.79 Å². The molecule has 0 saturated carbocycles. The number of rotatable bonds is 6. The van der Waals surface area contributed by atoms with E-state index < -0.39 is 5.97 Å². The molecule has 0 bridgehead atoms. The van der Waals surface area contributed by atoms with Crippen molar-refractivity contribution < 1.29 is 24.2 Å². The minimum Gasteiger partial charge on any atom is -0.493 e.